The van der Waals surface area contributed by atoms with Crippen LogP contribution in [0.15, 0.2) is 73.1 Å². The van der Waals surface area contributed by atoms with E-state index in [2.05, 4.69) is 21.9 Å². The van der Waals surface area contributed by atoms with Crippen molar-refractivity contribution in [1.82, 2.24) is 19.7 Å². The van der Waals surface area contributed by atoms with E-state index in [0.29, 0.717) is 29.9 Å². The van der Waals surface area contributed by atoms with E-state index in [-0.39, 0.29) is 5.56 Å². The lowest BCUT2D eigenvalue weighted by Crippen LogP contribution is -2.47. The summed E-state index contributed by atoms with van der Waals surface area (Å²) in [6.45, 7) is 0.295. The molecule has 0 spiro atoms. The number of rotatable bonds is 2. The van der Waals surface area contributed by atoms with Gasteiger partial charge in [-0.05, 0) is 41.3 Å². The predicted molar refractivity (Wildman–Crippen MR) is 128 cm³/mol. The third-order valence-electron chi connectivity index (χ3n) is 5.77. The molecular formula is C26H19F4N5O4. The van der Waals surface area contributed by atoms with Crippen LogP contribution in [0.4, 0.5) is 22.4 Å². The summed E-state index contributed by atoms with van der Waals surface area (Å²) in [4.78, 5) is 31.0. The number of aromatic nitrogens is 3. The molecule has 0 radical (unpaired) electrons. The quantitative estimate of drug-likeness (QED) is 0.294. The Morgan fingerprint density at radius 1 is 1.05 bits per heavy atom. The van der Waals surface area contributed by atoms with E-state index in [1.54, 1.807) is 35.1 Å². The summed E-state index contributed by atoms with van der Waals surface area (Å²) in [6, 6.07) is 16.9. The van der Waals surface area contributed by atoms with Gasteiger partial charge in [-0.3, -0.25) is 4.84 Å². The minimum Gasteiger partial charge on any atom is -0.475 e. The zero-order valence-corrected chi connectivity index (χ0v) is 19.9. The lowest BCUT2D eigenvalue weighted by molar-refractivity contribution is -0.192. The summed E-state index contributed by atoms with van der Waals surface area (Å²) in [5.41, 5.74) is 7.48. The summed E-state index contributed by atoms with van der Waals surface area (Å²) in [5, 5.41) is 12.5. The van der Waals surface area contributed by atoms with Crippen molar-refractivity contribution < 1.29 is 37.1 Å². The number of carbonyl (C=O) groups excluding carboxylic acids is 1. The number of carboxylic acids is 1. The predicted octanol–water partition coefficient (Wildman–Crippen LogP) is 3.86. The van der Waals surface area contributed by atoms with Crippen LogP contribution in [0.1, 0.15) is 28.8 Å². The molecule has 5 rings (SSSR count). The molecule has 2 aromatic heterocycles. The summed E-state index contributed by atoms with van der Waals surface area (Å²) < 4.78 is 48.0. The molecule has 1 aliphatic rings. The molecular weight excluding hydrogens is 522 g/mol. The van der Waals surface area contributed by atoms with Crippen LogP contribution < -0.4 is 5.73 Å². The molecule has 3 heterocycles. The third-order valence-corrected chi connectivity index (χ3v) is 5.77. The largest absolute Gasteiger partial charge is 0.490 e. The first-order valence-electron chi connectivity index (χ1n) is 11.2. The Balaban J connectivity index is 0.000000448. The Bertz CT molecular complexity index is 1580. The van der Waals surface area contributed by atoms with E-state index >= 15 is 0 Å². The van der Waals surface area contributed by atoms with Crippen molar-refractivity contribution in [3.8, 4) is 11.8 Å². The van der Waals surface area contributed by atoms with Gasteiger partial charge in [-0.1, -0.05) is 42.3 Å². The van der Waals surface area contributed by atoms with Crippen LogP contribution in [-0.2, 0) is 15.2 Å². The SMILES string of the molecule is NC(=O)N1OCCC1(c1ccccc1)c1ccc(F)c(C#Cc2cnc3cccnn23)c1.O=C(O)C(F)(F)F. The van der Waals surface area contributed by atoms with Crippen molar-refractivity contribution in [1.29, 1.82) is 0 Å². The number of urea groups is 1. The molecule has 4 aromatic rings. The Morgan fingerprint density at radius 2 is 1.77 bits per heavy atom. The molecule has 200 valence electrons. The van der Waals surface area contributed by atoms with E-state index in [1.165, 1.54) is 11.1 Å². The number of alkyl halides is 3. The number of fused-ring (bicyclic) bond motifs is 1. The fourth-order valence-electron chi connectivity index (χ4n) is 4.08. The van der Waals surface area contributed by atoms with E-state index in [0.717, 1.165) is 5.56 Å². The van der Waals surface area contributed by atoms with Gasteiger partial charge in [-0.15, -0.1) is 0 Å². The number of benzene rings is 2. The van der Waals surface area contributed by atoms with Crippen LogP contribution in [0.3, 0.4) is 0 Å². The minimum absolute atomic E-state index is 0.181. The van der Waals surface area contributed by atoms with Gasteiger partial charge in [0.15, 0.2) is 5.65 Å². The van der Waals surface area contributed by atoms with Crippen LogP contribution in [0.5, 0.6) is 0 Å². The highest BCUT2D eigenvalue weighted by atomic mass is 19.4. The fourth-order valence-corrected chi connectivity index (χ4v) is 4.08. The average Bonchev–Trinajstić information content (AvgIpc) is 3.54. The molecule has 3 N–H and O–H groups in total. The van der Waals surface area contributed by atoms with E-state index < -0.39 is 29.5 Å². The maximum Gasteiger partial charge on any atom is 0.490 e. The average molecular weight is 541 g/mol. The molecule has 2 amide bonds. The second-order valence-corrected chi connectivity index (χ2v) is 8.13. The Kier molecular flexibility index (Phi) is 7.50. The number of imidazole rings is 1. The summed E-state index contributed by atoms with van der Waals surface area (Å²) in [5.74, 6) is 2.59. The highest BCUT2D eigenvalue weighted by molar-refractivity contribution is 5.74. The van der Waals surface area contributed by atoms with Crippen molar-refractivity contribution in [2.45, 2.75) is 18.1 Å². The zero-order chi connectivity index (χ0) is 28.2. The number of hydroxylamine groups is 2. The van der Waals surface area contributed by atoms with Crippen LogP contribution in [0.25, 0.3) is 5.65 Å². The fraction of sp³-hybridized carbons (Fsp3) is 0.154. The number of hydrogen-bond donors (Lipinski definition) is 2. The molecule has 1 atom stereocenters. The lowest BCUT2D eigenvalue weighted by atomic mass is 9.80. The standard InChI is InChI=1S/C24H18FN5O2.C2HF3O2/c25-21-11-9-19(15-17(21)8-10-20-16-27-22-7-4-13-28-29(20)22)24(18-5-2-1-3-6-18)12-14-32-30(24)23(26)31;3-2(4,5)1(6)7/h1-7,9,11,13,15-16H,12,14H2,(H2,26,31);(H,6,7). The number of carboxylic acid groups (broad SMARTS) is 1. The summed E-state index contributed by atoms with van der Waals surface area (Å²) in [6.07, 6.45) is -1.40. The monoisotopic (exact) mass is 541 g/mol. The third kappa shape index (κ3) is 5.51. The van der Waals surface area contributed by atoms with Crippen molar-refractivity contribution >= 4 is 17.6 Å². The van der Waals surface area contributed by atoms with Crippen LogP contribution in [0.2, 0.25) is 0 Å². The van der Waals surface area contributed by atoms with Gasteiger partial charge >= 0.3 is 18.2 Å². The topological polar surface area (TPSA) is 123 Å². The molecule has 1 fully saturated rings. The number of primary amides is 1. The Hall–Kier alpha value is -4.96. The molecule has 2 aromatic carbocycles. The maximum absolute atomic E-state index is 14.7. The Labute approximate surface area is 218 Å². The number of aliphatic carboxylic acids is 1. The highest BCUT2D eigenvalue weighted by Gasteiger charge is 2.48. The summed E-state index contributed by atoms with van der Waals surface area (Å²) >= 11 is 0. The molecule has 1 saturated heterocycles. The van der Waals surface area contributed by atoms with Gasteiger partial charge in [-0.25, -0.2) is 23.5 Å². The molecule has 1 unspecified atom stereocenters. The Morgan fingerprint density at radius 3 is 2.44 bits per heavy atom. The van der Waals surface area contributed by atoms with Crippen molar-refractivity contribution in [2.75, 3.05) is 6.61 Å². The molecule has 0 aliphatic carbocycles. The van der Waals surface area contributed by atoms with E-state index in [4.69, 9.17) is 20.5 Å². The minimum atomic E-state index is -5.08. The highest BCUT2D eigenvalue weighted by Crippen LogP contribution is 2.43. The molecule has 0 bridgehead atoms. The number of carbonyl (C=O) groups is 2. The van der Waals surface area contributed by atoms with Gasteiger partial charge in [-0.2, -0.15) is 23.3 Å². The lowest BCUT2D eigenvalue weighted by Gasteiger charge is -2.36. The van der Waals surface area contributed by atoms with Gasteiger partial charge in [0.2, 0.25) is 0 Å². The van der Waals surface area contributed by atoms with Gasteiger partial charge in [0.05, 0.1) is 18.4 Å². The van der Waals surface area contributed by atoms with E-state index in [9.17, 15) is 22.4 Å². The smallest absolute Gasteiger partial charge is 0.475 e. The first kappa shape index (κ1) is 27.1. The number of amides is 2. The first-order chi connectivity index (χ1) is 18.5. The molecule has 0 saturated carbocycles. The van der Waals surface area contributed by atoms with Crippen LogP contribution >= 0.6 is 0 Å². The summed E-state index contributed by atoms with van der Waals surface area (Å²) in [7, 11) is 0. The van der Waals surface area contributed by atoms with Crippen LogP contribution in [-0.4, -0.2) is 49.6 Å². The molecule has 9 nitrogen and oxygen atoms in total. The van der Waals surface area contributed by atoms with Crippen molar-refractivity contribution in [3.05, 3.63) is 101 Å². The number of nitrogens with zero attached hydrogens (tertiary/aromatic N) is 4. The number of nitrogens with two attached hydrogens (primary N) is 1. The normalized spacial score (nSPS) is 16.7. The second-order valence-electron chi connectivity index (χ2n) is 8.13. The molecule has 1 aliphatic heterocycles. The number of hydrogen-bond acceptors (Lipinski definition) is 5. The van der Waals surface area contributed by atoms with Crippen LogP contribution in [0, 0.1) is 17.7 Å². The van der Waals surface area contributed by atoms with Gasteiger partial charge in [0.25, 0.3) is 0 Å². The molecule has 39 heavy (non-hydrogen) atoms. The maximum atomic E-state index is 14.7. The first-order valence-corrected chi connectivity index (χ1v) is 11.2. The second kappa shape index (κ2) is 10.8. The van der Waals surface area contributed by atoms with Crippen molar-refractivity contribution in [2.24, 2.45) is 5.73 Å². The van der Waals surface area contributed by atoms with Gasteiger partial charge < -0.3 is 10.8 Å². The molecule has 13 heteroatoms. The van der Waals surface area contributed by atoms with Gasteiger partial charge in [0, 0.05) is 12.6 Å². The number of halogens is 4. The van der Waals surface area contributed by atoms with Gasteiger partial charge in [0.1, 0.15) is 17.1 Å². The van der Waals surface area contributed by atoms with E-state index in [1.807, 2.05) is 36.4 Å². The van der Waals surface area contributed by atoms with Crippen molar-refractivity contribution in [3.63, 3.8) is 0 Å². The zero-order valence-electron chi connectivity index (χ0n) is 19.9.